The van der Waals surface area contributed by atoms with Gasteiger partial charge < -0.3 is 14.2 Å². The minimum absolute atomic E-state index is 0.134. The second-order valence-electron chi connectivity index (χ2n) is 7.35. The molecule has 0 bridgehead atoms. The van der Waals surface area contributed by atoms with Gasteiger partial charge in [-0.2, -0.15) is 0 Å². The van der Waals surface area contributed by atoms with Crippen LogP contribution < -0.4 is 4.74 Å². The number of aryl methyl sites for hydroxylation is 2. The lowest BCUT2D eigenvalue weighted by atomic mass is 9.96. The van der Waals surface area contributed by atoms with Crippen LogP contribution in [0.4, 0.5) is 0 Å². The minimum Gasteiger partial charge on any atom is -0.497 e. The van der Waals surface area contributed by atoms with Gasteiger partial charge in [0.15, 0.2) is 0 Å². The fourth-order valence-corrected chi connectivity index (χ4v) is 3.66. The summed E-state index contributed by atoms with van der Waals surface area (Å²) < 4.78 is 10.5. The Hall–Kier alpha value is -2.30. The maximum atomic E-state index is 13.4. The molecule has 0 spiro atoms. The summed E-state index contributed by atoms with van der Waals surface area (Å²) in [6.07, 6.45) is 2.40. The molecule has 26 heavy (non-hydrogen) atoms. The van der Waals surface area contributed by atoms with Gasteiger partial charge >= 0.3 is 0 Å². The van der Waals surface area contributed by atoms with E-state index in [9.17, 15) is 4.79 Å². The number of hydrogen-bond donors (Lipinski definition) is 0. The van der Waals surface area contributed by atoms with E-state index in [1.807, 2.05) is 49.9 Å². The Morgan fingerprint density at radius 1 is 1.27 bits per heavy atom. The molecule has 2 aromatic rings. The molecule has 140 valence electrons. The number of carbonyl (C=O) groups is 1. The van der Waals surface area contributed by atoms with Crippen LogP contribution in [0.1, 0.15) is 55.2 Å². The van der Waals surface area contributed by atoms with Crippen LogP contribution in [0.15, 0.2) is 28.8 Å². The predicted octanol–water partition coefficient (Wildman–Crippen LogP) is 4.23. The molecule has 1 aliphatic rings. The second kappa shape index (κ2) is 7.52. The Bertz CT molecular complexity index is 743. The van der Waals surface area contributed by atoms with Crippen LogP contribution in [0.5, 0.6) is 5.75 Å². The largest absolute Gasteiger partial charge is 0.497 e. The molecule has 0 saturated heterocycles. The zero-order valence-corrected chi connectivity index (χ0v) is 16.3. The summed E-state index contributed by atoms with van der Waals surface area (Å²) in [5.74, 6) is 2.03. The third kappa shape index (κ3) is 3.76. The first kappa shape index (κ1) is 18.5. The number of carbonyl (C=O) groups excluding carboxylic acids is 1. The van der Waals surface area contributed by atoms with E-state index in [0.717, 1.165) is 28.3 Å². The average molecular weight is 356 g/mol. The molecule has 2 atom stereocenters. The third-order valence-corrected chi connectivity index (χ3v) is 5.48. The van der Waals surface area contributed by atoms with E-state index in [0.29, 0.717) is 12.5 Å². The van der Waals surface area contributed by atoms with Crippen molar-refractivity contribution in [2.75, 3.05) is 7.11 Å². The Labute approximate surface area is 155 Å². The molecule has 5 nitrogen and oxygen atoms in total. The molecule has 2 unspecified atom stereocenters. The van der Waals surface area contributed by atoms with Crippen LogP contribution in [0.25, 0.3) is 0 Å². The number of aromatic nitrogens is 1. The summed E-state index contributed by atoms with van der Waals surface area (Å²) in [7, 11) is 1.66. The summed E-state index contributed by atoms with van der Waals surface area (Å²) in [6.45, 7) is 8.49. The fourth-order valence-electron chi connectivity index (χ4n) is 3.66. The fraction of sp³-hybridized carbons (Fsp3) is 0.524. The minimum atomic E-state index is -0.263. The first-order valence-corrected chi connectivity index (χ1v) is 9.28. The lowest BCUT2D eigenvalue weighted by Gasteiger charge is -2.32. The normalized spacial score (nSPS) is 16.2. The van der Waals surface area contributed by atoms with E-state index in [4.69, 9.17) is 9.26 Å². The van der Waals surface area contributed by atoms with Gasteiger partial charge in [-0.1, -0.05) is 17.3 Å². The summed E-state index contributed by atoms with van der Waals surface area (Å²) in [5, 5.41) is 4.01. The number of amides is 1. The van der Waals surface area contributed by atoms with E-state index in [2.05, 4.69) is 12.1 Å². The van der Waals surface area contributed by atoms with Gasteiger partial charge in [0.05, 0.1) is 18.7 Å². The van der Waals surface area contributed by atoms with Gasteiger partial charge in [-0.3, -0.25) is 4.79 Å². The lowest BCUT2D eigenvalue weighted by molar-refractivity contribution is -0.135. The first-order chi connectivity index (χ1) is 12.4. The standard InChI is InChI=1S/C21H28N2O3/c1-13(20-14(2)22-26-16(20)4)21(24)23(15(3)18-8-9-18)12-17-6-10-19(25-5)11-7-17/h6-7,10-11,13,15,18H,8-9,12H2,1-5H3. The van der Waals surface area contributed by atoms with Gasteiger partial charge in [0.25, 0.3) is 0 Å². The molecule has 1 amide bonds. The van der Waals surface area contributed by atoms with Gasteiger partial charge in [-0.15, -0.1) is 0 Å². The zero-order chi connectivity index (χ0) is 18.8. The Morgan fingerprint density at radius 2 is 1.92 bits per heavy atom. The third-order valence-electron chi connectivity index (χ3n) is 5.48. The number of ether oxygens (including phenoxy) is 1. The number of methoxy groups -OCH3 is 1. The molecule has 1 aromatic heterocycles. The maximum Gasteiger partial charge on any atom is 0.230 e. The highest BCUT2D eigenvalue weighted by molar-refractivity contribution is 5.84. The van der Waals surface area contributed by atoms with Crippen molar-refractivity contribution < 1.29 is 14.1 Å². The molecule has 1 aliphatic carbocycles. The van der Waals surface area contributed by atoms with Crippen LogP contribution in [-0.4, -0.2) is 29.1 Å². The molecule has 1 fully saturated rings. The van der Waals surface area contributed by atoms with Crippen molar-refractivity contribution in [3.05, 3.63) is 46.8 Å². The molecule has 3 rings (SSSR count). The van der Waals surface area contributed by atoms with Crippen LogP contribution in [-0.2, 0) is 11.3 Å². The summed E-state index contributed by atoms with van der Waals surface area (Å²) >= 11 is 0. The first-order valence-electron chi connectivity index (χ1n) is 9.28. The summed E-state index contributed by atoms with van der Waals surface area (Å²) in [6, 6.07) is 8.17. The van der Waals surface area contributed by atoms with Crippen LogP contribution in [0.3, 0.4) is 0 Å². The summed E-state index contributed by atoms with van der Waals surface area (Å²) in [4.78, 5) is 15.4. The predicted molar refractivity (Wildman–Crippen MR) is 100 cm³/mol. The molecule has 1 aromatic carbocycles. The van der Waals surface area contributed by atoms with Crippen molar-refractivity contribution in [3.63, 3.8) is 0 Å². The Morgan fingerprint density at radius 3 is 2.42 bits per heavy atom. The second-order valence-corrected chi connectivity index (χ2v) is 7.35. The van der Waals surface area contributed by atoms with Gasteiger partial charge in [-0.05, 0) is 64.2 Å². The van der Waals surface area contributed by atoms with E-state index in [-0.39, 0.29) is 17.9 Å². The van der Waals surface area contributed by atoms with Crippen molar-refractivity contribution in [2.24, 2.45) is 5.92 Å². The van der Waals surface area contributed by atoms with Crippen LogP contribution >= 0.6 is 0 Å². The molecule has 5 heteroatoms. The molecule has 0 radical (unpaired) electrons. The molecule has 0 aliphatic heterocycles. The number of rotatable bonds is 7. The highest BCUT2D eigenvalue weighted by atomic mass is 16.5. The Balaban J connectivity index is 1.84. The van der Waals surface area contributed by atoms with Crippen molar-refractivity contribution in [2.45, 2.75) is 59.0 Å². The van der Waals surface area contributed by atoms with E-state index in [1.54, 1.807) is 7.11 Å². The number of benzene rings is 1. The van der Waals surface area contributed by atoms with E-state index in [1.165, 1.54) is 12.8 Å². The van der Waals surface area contributed by atoms with Crippen LogP contribution in [0, 0.1) is 19.8 Å². The van der Waals surface area contributed by atoms with Crippen LogP contribution in [0.2, 0.25) is 0 Å². The van der Waals surface area contributed by atoms with Crippen molar-refractivity contribution in [3.8, 4) is 5.75 Å². The van der Waals surface area contributed by atoms with E-state index < -0.39 is 0 Å². The highest BCUT2D eigenvalue weighted by Crippen LogP contribution is 2.37. The smallest absolute Gasteiger partial charge is 0.230 e. The average Bonchev–Trinajstić information content (AvgIpc) is 3.44. The van der Waals surface area contributed by atoms with Gasteiger partial charge in [0.1, 0.15) is 11.5 Å². The molecule has 1 saturated carbocycles. The Kier molecular flexibility index (Phi) is 5.35. The lowest BCUT2D eigenvalue weighted by Crippen LogP contribution is -2.41. The van der Waals surface area contributed by atoms with Gasteiger partial charge in [0.2, 0.25) is 5.91 Å². The molecule has 0 N–H and O–H groups in total. The van der Waals surface area contributed by atoms with Gasteiger partial charge in [-0.25, -0.2) is 0 Å². The summed E-state index contributed by atoms with van der Waals surface area (Å²) in [5.41, 5.74) is 2.82. The topological polar surface area (TPSA) is 55.6 Å². The zero-order valence-electron chi connectivity index (χ0n) is 16.3. The monoisotopic (exact) mass is 356 g/mol. The number of hydrogen-bond acceptors (Lipinski definition) is 4. The number of nitrogens with zero attached hydrogens (tertiary/aromatic N) is 2. The van der Waals surface area contributed by atoms with E-state index >= 15 is 0 Å². The highest BCUT2D eigenvalue weighted by Gasteiger charge is 2.37. The van der Waals surface area contributed by atoms with Crippen molar-refractivity contribution >= 4 is 5.91 Å². The maximum absolute atomic E-state index is 13.4. The van der Waals surface area contributed by atoms with Crippen molar-refractivity contribution in [1.82, 2.24) is 10.1 Å². The molecular weight excluding hydrogens is 328 g/mol. The SMILES string of the molecule is COc1ccc(CN(C(=O)C(C)c2c(C)noc2C)C(C)C2CC2)cc1. The van der Waals surface area contributed by atoms with Gasteiger partial charge in [0, 0.05) is 18.2 Å². The molecular formula is C21H28N2O3. The molecule has 1 heterocycles. The van der Waals surface area contributed by atoms with Crippen molar-refractivity contribution in [1.29, 1.82) is 0 Å². The quantitative estimate of drug-likeness (QED) is 0.745.